The van der Waals surface area contributed by atoms with Gasteiger partial charge in [-0.25, -0.2) is 9.97 Å². The van der Waals surface area contributed by atoms with Gasteiger partial charge in [0.25, 0.3) is 5.91 Å². The molecule has 1 aromatic heterocycles. The topological polar surface area (TPSA) is 66.9 Å². The molecule has 0 saturated carbocycles. The maximum atomic E-state index is 12.4. The molecule has 0 atom stereocenters. The fourth-order valence-electron chi connectivity index (χ4n) is 2.22. The Kier molecular flexibility index (Phi) is 5.68. The standard InChI is InChI=1S/C18H24N4O/c1-5-14-8-6-7-13(4)16(14)22-17(23)15-10-20-18(21-11-15)19-9-12(2)3/h6-8,10-12H,5,9H2,1-4H3,(H,22,23)(H,19,20,21). The minimum absolute atomic E-state index is 0.190. The SMILES string of the molecule is CCc1cccc(C)c1NC(=O)c1cnc(NCC(C)C)nc1. The number of amides is 1. The first-order chi connectivity index (χ1) is 11.0. The molecular weight excluding hydrogens is 288 g/mol. The third-order valence-electron chi connectivity index (χ3n) is 3.56. The number of carbonyl (C=O) groups excluding carboxylic acids is 1. The average molecular weight is 312 g/mol. The highest BCUT2D eigenvalue weighted by Gasteiger charge is 2.11. The summed E-state index contributed by atoms with van der Waals surface area (Å²) >= 11 is 0. The molecule has 1 heterocycles. The normalized spacial score (nSPS) is 10.7. The van der Waals surface area contributed by atoms with E-state index in [-0.39, 0.29) is 5.91 Å². The van der Waals surface area contributed by atoms with E-state index in [0.29, 0.717) is 17.4 Å². The van der Waals surface area contributed by atoms with Gasteiger partial charge in [0, 0.05) is 24.6 Å². The first kappa shape index (κ1) is 16.9. The molecule has 2 rings (SSSR count). The van der Waals surface area contributed by atoms with Crippen LogP contribution >= 0.6 is 0 Å². The zero-order valence-corrected chi connectivity index (χ0v) is 14.2. The Bertz CT molecular complexity index is 665. The number of hydrogen-bond acceptors (Lipinski definition) is 4. The second kappa shape index (κ2) is 7.72. The summed E-state index contributed by atoms with van der Waals surface area (Å²) in [6.07, 6.45) is 3.97. The highest BCUT2D eigenvalue weighted by molar-refractivity contribution is 6.04. The Morgan fingerprint density at radius 1 is 1.22 bits per heavy atom. The third kappa shape index (κ3) is 4.52. The lowest BCUT2D eigenvalue weighted by Crippen LogP contribution is -2.16. The van der Waals surface area contributed by atoms with Gasteiger partial charge in [-0.3, -0.25) is 4.79 Å². The minimum Gasteiger partial charge on any atom is -0.354 e. The second-order valence-corrected chi connectivity index (χ2v) is 5.99. The predicted molar refractivity (Wildman–Crippen MR) is 93.9 cm³/mol. The molecule has 5 nitrogen and oxygen atoms in total. The average Bonchev–Trinajstić information content (AvgIpc) is 2.55. The van der Waals surface area contributed by atoms with E-state index in [2.05, 4.69) is 41.4 Å². The van der Waals surface area contributed by atoms with E-state index in [0.717, 1.165) is 29.8 Å². The summed E-state index contributed by atoms with van der Waals surface area (Å²) in [5.41, 5.74) is 3.50. The van der Waals surface area contributed by atoms with E-state index < -0.39 is 0 Å². The van der Waals surface area contributed by atoms with E-state index in [1.807, 2.05) is 25.1 Å². The first-order valence-electron chi connectivity index (χ1n) is 7.97. The van der Waals surface area contributed by atoms with Crippen molar-refractivity contribution in [3.63, 3.8) is 0 Å². The van der Waals surface area contributed by atoms with Crippen molar-refractivity contribution in [2.45, 2.75) is 34.1 Å². The summed E-state index contributed by atoms with van der Waals surface area (Å²) < 4.78 is 0. The van der Waals surface area contributed by atoms with Gasteiger partial charge in [-0.1, -0.05) is 39.0 Å². The fraction of sp³-hybridized carbons (Fsp3) is 0.389. The van der Waals surface area contributed by atoms with Crippen molar-refractivity contribution in [1.82, 2.24) is 9.97 Å². The molecule has 0 saturated heterocycles. The van der Waals surface area contributed by atoms with Crippen LogP contribution in [-0.4, -0.2) is 22.4 Å². The van der Waals surface area contributed by atoms with Gasteiger partial charge in [-0.15, -0.1) is 0 Å². The zero-order chi connectivity index (χ0) is 16.8. The molecule has 2 N–H and O–H groups in total. The van der Waals surface area contributed by atoms with E-state index in [9.17, 15) is 4.79 Å². The third-order valence-corrected chi connectivity index (χ3v) is 3.56. The monoisotopic (exact) mass is 312 g/mol. The number of benzene rings is 1. The van der Waals surface area contributed by atoms with Gasteiger partial charge in [0.2, 0.25) is 5.95 Å². The van der Waals surface area contributed by atoms with Crippen molar-refractivity contribution < 1.29 is 4.79 Å². The Hall–Kier alpha value is -2.43. The van der Waals surface area contributed by atoms with Crippen LogP contribution in [0.5, 0.6) is 0 Å². The molecular formula is C18H24N4O. The summed E-state index contributed by atoms with van der Waals surface area (Å²) in [5, 5.41) is 6.11. The van der Waals surface area contributed by atoms with Gasteiger partial charge in [0.05, 0.1) is 5.56 Å². The highest BCUT2D eigenvalue weighted by Crippen LogP contribution is 2.21. The van der Waals surface area contributed by atoms with Crippen molar-refractivity contribution in [1.29, 1.82) is 0 Å². The maximum Gasteiger partial charge on any atom is 0.258 e. The molecule has 0 unspecified atom stereocenters. The number of rotatable bonds is 6. The number of nitrogens with one attached hydrogen (secondary N) is 2. The predicted octanol–water partition coefficient (Wildman–Crippen LogP) is 3.67. The molecule has 122 valence electrons. The molecule has 0 bridgehead atoms. The first-order valence-corrected chi connectivity index (χ1v) is 7.97. The molecule has 0 spiro atoms. The molecule has 0 aliphatic carbocycles. The molecule has 1 amide bonds. The number of anilines is 2. The largest absolute Gasteiger partial charge is 0.354 e. The van der Waals surface area contributed by atoms with Gasteiger partial charge in [-0.2, -0.15) is 0 Å². The minimum atomic E-state index is -0.190. The lowest BCUT2D eigenvalue weighted by molar-refractivity contribution is 0.102. The molecule has 0 fully saturated rings. The van der Waals surface area contributed by atoms with Crippen LogP contribution in [0, 0.1) is 12.8 Å². The van der Waals surface area contributed by atoms with E-state index in [4.69, 9.17) is 0 Å². The van der Waals surface area contributed by atoms with Crippen LogP contribution in [0.3, 0.4) is 0 Å². The van der Waals surface area contributed by atoms with Gasteiger partial charge >= 0.3 is 0 Å². The van der Waals surface area contributed by atoms with Crippen molar-refractivity contribution in [2.24, 2.45) is 5.92 Å². The molecule has 23 heavy (non-hydrogen) atoms. The summed E-state index contributed by atoms with van der Waals surface area (Å²) in [7, 11) is 0. The van der Waals surface area contributed by atoms with Gasteiger partial charge in [0.15, 0.2) is 0 Å². The van der Waals surface area contributed by atoms with Crippen LogP contribution < -0.4 is 10.6 Å². The Balaban J connectivity index is 2.09. The number of aryl methyl sites for hydroxylation is 2. The number of nitrogens with zero attached hydrogens (tertiary/aromatic N) is 2. The van der Waals surface area contributed by atoms with Gasteiger partial charge in [0.1, 0.15) is 0 Å². The summed E-state index contributed by atoms with van der Waals surface area (Å²) in [5.74, 6) is 0.861. The molecule has 0 aliphatic heterocycles. The molecule has 0 radical (unpaired) electrons. The second-order valence-electron chi connectivity index (χ2n) is 5.99. The van der Waals surface area contributed by atoms with Crippen LogP contribution in [0.25, 0.3) is 0 Å². The highest BCUT2D eigenvalue weighted by atomic mass is 16.1. The summed E-state index contributed by atoms with van der Waals surface area (Å²) in [6.45, 7) is 9.09. The van der Waals surface area contributed by atoms with Crippen LogP contribution in [-0.2, 0) is 6.42 Å². The molecule has 5 heteroatoms. The van der Waals surface area contributed by atoms with E-state index in [1.54, 1.807) is 12.4 Å². The van der Waals surface area contributed by atoms with Crippen molar-refractivity contribution in [3.8, 4) is 0 Å². The van der Waals surface area contributed by atoms with Crippen molar-refractivity contribution >= 4 is 17.5 Å². The molecule has 2 aromatic rings. The van der Waals surface area contributed by atoms with Crippen LogP contribution in [0.2, 0.25) is 0 Å². The Morgan fingerprint density at radius 3 is 2.52 bits per heavy atom. The molecule has 0 aliphatic rings. The number of aromatic nitrogens is 2. The van der Waals surface area contributed by atoms with Crippen molar-refractivity contribution in [3.05, 3.63) is 47.3 Å². The van der Waals surface area contributed by atoms with E-state index >= 15 is 0 Å². The number of hydrogen-bond donors (Lipinski definition) is 2. The lowest BCUT2D eigenvalue weighted by atomic mass is 10.1. The maximum absolute atomic E-state index is 12.4. The Labute approximate surface area is 137 Å². The van der Waals surface area contributed by atoms with Crippen LogP contribution in [0.1, 0.15) is 42.3 Å². The van der Waals surface area contributed by atoms with Crippen LogP contribution in [0.4, 0.5) is 11.6 Å². The quantitative estimate of drug-likeness (QED) is 0.854. The lowest BCUT2D eigenvalue weighted by Gasteiger charge is -2.13. The smallest absolute Gasteiger partial charge is 0.258 e. The molecule has 1 aromatic carbocycles. The van der Waals surface area contributed by atoms with E-state index in [1.165, 1.54) is 0 Å². The van der Waals surface area contributed by atoms with Crippen molar-refractivity contribution in [2.75, 3.05) is 17.2 Å². The number of para-hydroxylation sites is 1. The van der Waals surface area contributed by atoms with Crippen LogP contribution in [0.15, 0.2) is 30.6 Å². The Morgan fingerprint density at radius 2 is 1.91 bits per heavy atom. The fourth-order valence-corrected chi connectivity index (χ4v) is 2.22. The summed E-state index contributed by atoms with van der Waals surface area (Å²) in [4.78, 5) is 20.8. The van der Waals surface area contributed by atoms with Gasteiger partial charge in [-0.05, 0) is 30.4 Å². The van der Waals surface area contributed by atoms with Gasteiger partial charge < -0.3 is 10.6 Å². The zero-order valence-electron chi connectivity index (χ0n) is 14.2. The summed E-state index contributed by atoms with van der Waals surface area (Å²) in [6, 6.07) is 6.02. The number of carbonyl (C=O) groups is 1.